The Labute approximate surface area is 163 Å². The van der Waals surface area contributed by atoms with Gasteiger partial charge in [-0.25, -0.2) is 9.67 Å². The molecule has 9 heteroatoms. The molecule has 0 radical (unpaired) electrons. The van der Waals surface area contributed by atoms with E-state index in [0.717, 1.165) is 42.2 Å². The van der Waals surface area contributed by atoms with Crippen molar-refractivity contribution in [1.82, 2.24) is 9.36 Å². The molecule has 0 N–H and O–H groups in total. The number of rotatable bonds is 5. The summed E-state index contributed by atoms with van der Waals surface area (Å²) in [5, 5.41) is 0.526. The number of fused-ring (bicyclic) bond motifs is 1. The monoisotopic (exact) mass is 409 g/mol. The highest BCUT2D eigenvalue weighted by Crippen LogP contribution is 2.31. The zero-order chi connectivity index (χ0) is 18.5. The van der Waals surface area contributed by atoms with Gasteiger partial charge in [0.1, 0.15) is 0 Å². The molecule has 3 rings (SSSR count). The molecule has 0 bridgehead atoms. The second-order valence-electron chi connectivity index (χ2n) is 5.48. The van der Waals surface area contributed by atoms with Gasteiger partial charge in [0.2, 0.25) is 4.80 Å². The molecule has 26 heavy (non-hydrogen) atoms. The van der Waals surface area contributed by atoms with Gasteiger partial charge in [-0.05, 0) is 42.4 Å². The smallest absolute Gasteiger partial charge is 0.325 e. The van der Waals surface area contributed by atoms with E-state index in [2.05, 4.69) is 10.9 Å². The Hall–Kier alpha value is -1.95. The summed E-state index contributed by atoms with van der Waals surface area (Å²) in [5.41, 5.74) is 0.677. The third-order valence-electron chi connectivity index (χ3n) is 3.69. The van der Waals surface area contributed by atoms with Gasteiger partial charge < -0.3 is 4.74 Å². The Morgan fingerprint density at radius 3 is 2.92 bits per heavy atom. The molecule has 0 fully saturated rings. The van der Waals surface area contributed by atoms with E-state index in [4.69, 9.17) is 22.8 Å². The molecule has 0 aliphatic carbocycles. The number of carbonyl (C=O) groups is 1. The first kappa shape index (κ1) is 18.8. The van der Waals surface area contributed by atoms with Crippen LogP contribution < -0.4 is 9.67 Å². The van der Waals surface area contributed by atoms with Crippen LogP contribution in [0.5, 0.6) is 0 Å². The molecule has 0 saturated heterocycles. The lowest BCUT2D eigenvalue weighted by Gasteiger charge is -2.15. The van der Waals surface area contributed by atoms with Gasteiger partial charge in [-0.3, -0.25) is 14.3 Å². The molecule has 0 amide bonds. The first-order chi connectivity index (χ1) is 12.6. The van der Waals surface area contributed by atoms with Crippen LogP contribution in [0.1, 0.15) is 12.8 Å². The van der Waals surface area contributed by atoms with Gasteiger partial charge >= 0.3 is 10.8 Å². The molecule has 0 atom stereocenters. The van der Waals surface area contributed by atoms with Crippen LogP contribution in [0.25, 0.3) is 0 Å². The number of hydrogen-bond donors (Lipinski definition) is 0. The molecule has 1 aromatic heterocycles. The van der Waals surface area contributed by atoms with Gasteiger partial charge in [0.05, 0.1) is 16.5 Å². The first-order valence-electron chi connectivity index (χ1n) is 7.95. The number of aromatic nitrogens is 2. The van der Waals surface area contributed by atoms with Gasteiger partial charge in [-0.1, -0.05) is 17.5 Å². The van der Waals surface area contributed by atoms with Crippen LogP contribution in [0.15, 0.2) is 32.9 Å². The van der Waals surface area contributed by atoms with Crippen molar-refractivity contribution in [2.24, 2.45) is 4.99 Å². The quantitative estimate of drug-likeness (QED) is 0.432. The van der Waals surface area contributed by atoms with Crippen molar-refractivity contribution >= 4 is 46.4 Å². The van der Waals surface area contributed by atoms with Crippen molar-refractivity contribution in [2.75, 3.05) is 12.4 Å². The van der Waals surface area contributed by atoms with E-state index >= 15 is 0 Å². The summed E-state index contributed by atoms with van der Waals surface area (Å²) in [5.74, 6) is 1.95. The van der Waals surface area contributed by atoms with E-state index in [-0.39, 0.29) is 17.2 Å². The molecule has 136 valence electrons. The summed E-state index contributed by atoms with van der Waals surface area (Å²) < 4.78 is 8.50. The van der Waals surface area contributed by atoms with E-state index in [1.807, 2.05) is 4.68 Å². The molecular formula is C17H16ClN3O3S2. The maximum Gasteiger partial charge on any atom is 0.325 e. The standard InChI is InChI=1S/C17H16ClN3O3S2/c1-2-9-24-15(22)11-25-14-10-12(5-6-13(14)18)19-16-20-7-3-4-8-21(20)17(23)26-16/h1,5-6,10H,3-4,7-9,11H2. The summed E-state index contributed by atoms with van der Waals surface area (Å²) in [7, 11) is 0. The lowest BCUT2D eigenvalue weighted by molar-refractivity contribution is -0.138. The van der Waals surface area contributed by atoms with Crippen molar-refractivity contribution in [2.45, 2.75) is 30.8 Å². The molecule has 1 aliphatic heterocycles. The number of hydrogen-bond acceptors (Lipinski definition) is 6. The molecular weight excluding hydrogens is 394 g/mol. The zero-order valence-electron chi connectivity index (χ0n) is 13.8. The van der Waals surface area contributed by atoms with Crippen molar-refractivity contribution in [3.8, 4) is 12.3 Å². The normalized spacial score (nSPS) is 13.9. The van der Waals surface area contributed by atoms with Gasteiger partial charge in [0.25, 0.3) is 0 Å². The number of carbonyl (C=O) groups excluding carboxylic acids is 1. The molecule has 1 aliphatic rings. The summed E-state index contributed by atoms with van der Waals surface area (Å²) in [6.45, 7) is 1.47. The van der Waals surface area contributed by atoms with Crippen LogP contribution in [0.4, 0.5) is 5.69 Å². The maximum atomic E-state index is 12.1. The van der Waals surface area contributed by atoms with Gasteiger partial charge in [0.15, 0.2) is 6.61 Å². The highest BCUT2D eigenvalue weighted by atomic mass is 35.5. The molecule has 2 heterocycles. The summed E-state index contributed by atoms with van der Waals surface area (Å²) in [6, 6.07) is 5.31. The van der Waals surface area contributed by atoms with Gasteiger partial charge in [-0.2, -0.15) is 0 Å². The fourth-order valence-corrected chi connectivity index (χ4v) is 4.45. The number of halogens is 1. The molecule has 6 nitrogen and oxygen atoms in total. The zero-order valence-corrected chi connectivity index (χ0v) is 16.2. The van der Waals surface area contributed by atoms with Crippen LogP contribution in [-0.2, 0) is 22.6 Å². The average Bonchev–Trinajstić information content (AvgIpc) is 2.96. The molecule has 1 aromatic carbocycles. The van der Waals surface area contributed by atoms with Crippen molar-refractivity contribution < 1.29 is 9.53 Å². The fraction of sp³-hybridized carbons (Fsp3) is 0.353. The second-order valence-corrected chi connectivity index (χ2v) is 7.83. The van der Waals surface area contributed by atoms with Crippen molar-refractivity contribution in [3.63, 3.8) is 0 Å². The number of esters is 1. The second kappa shape index (κ2) is 8.62. The van der Waals surface area contributed by atoms with E-state index in [1.54, 1.807) is 22.9 Å². The molecule has 0 unspecified atom stereocenters. The Kier molecular flexibility index (Phi) is 6.25. The minimum atomic E-state index is -0.401. The van der Waals surface area contributed by atoms with Crippen LogP contribution in [0.2, 0.25) is 5.02 Å². The van der Waals surface area contributed by atoms with Crippen LogP contribution in [-0.4, -0.2) is 27.7 Å². The van der Waals surface area contributed by atoms with Crippen LogP contribution in [0.3, 0.4) is 0 Å². The lowest BCUT2D eigenvalue weighted by atomic mass is 10.3. The van der Waals surface area contributed by atoms with Crippen LogP contribution >= 0.6 is 34.7 Å². The Bertz CT molecular complexity index is 984. The molecule has 2 aromatic rings. The molecule has 0 spiro atoms. The Morgan fingerprint density at radius 2 is 2.15 bits per heavy atom. The fourth-order valence-electron chi connectivity index (χ4n) is 2.50. The predicted molar refractivity (Wildman–Crippen MR) is 103 cm³/mol. The first-order valence-corrected chi connectivity index (χ1v) is 10.1. The third kappa shape index (κ3) is 4.41. The number of terminal acetylenes is 1. The average molecular weight is 410 g/mol. The minimum Gasteiger partial charge on any atom is -0.452 e. The maximum absolute atomic E-state index is 12.1. The largest absolute Gasteiger partial charge is 0.452 e. The lowest BCUT2D eigenvalue weighted by Crippen LogP contribution is -2.31. The number of benzene rings is 1. The van der Waals surface area contributed by atoms with E-state index in [1.165, 1.54) is 11.8 Å². The Morgan fingerprint density at radius 1 is 1.38 bits per heavy atom. The summed E-state index contributed by atoms with van der Waals surface area (Å²) in [4.78, 5) is 29.6. The van der Waals surface area contributed by atoms with E-state index in [0.29, 0.717) is 15.5 Å². The van der Waals surface area contributed by atoms with E-state index in [9.17, 15) is 9.59 Å². The minimum absolute atomic E-state index is 0.00303. The van der Waals surface area contributed by atoms with Gasteiger partial charge in [0, 0.05) is 18.0 Å². The SMILES string of the molecule is C#CCOC(=O)CSc1cc(N=c2sc(=O)n3n2CCCC3)ccc1Cl. The van der Waals surface area contributed by atoms with E-state index < -0.39 is 5.97 Å². The molecule has 0 saturated carbocycles. The number of ether oxygens (including phenoxy) is 1. The predicted octanol–water partition coefficient (Wildman–Crippen LogP) is 2.66. The summed E-state index contributed by atoms with van der Waals surface area (Å²) >= 11 is 8.60. The number of thioether (sulfide) groups is 1. The topological polar surface area (TPSA) is 65.6 Å². The Balaban J connectivity index is 1.83. The van der Waals surface area contributed by atoms with Crippen LogP contribution in [0, 0.1) is 12.3 Å². The summed E-state index contributed by atoms with van der Waals surface area (Å²) in [6.07, 6.45) is 7.10. The van der Waals surface area contributed by atoms with Crippen molar-refractivity contribution in [1.29, 1.82) is 0 Å². The van der Waals surface area contributed by atoms with Gasteiger partial charge in [-0.15, -0.1) is 18.2 Å². The number of nitrogens with zero attached hydrogens (tertiary/aromatic N) is 3. The van der Waals surface area contributed by atoms with Crippen molar-refractivity contribution in [3.05, 3.63) is 37.7 Å². The highest BCUT2D eigenvalue weighted by molar-refractivity contribution is 8.00. The third-order valence-corrected chi connectivity index (χ3v) is 6.03. The highest BCUT2D eigenvalue weighted by Gasteiger charge is 2.13.